The highest BCUT2D eigenvalue weighted by molar-refractivity contribution is 5.84. The number of amides is 1. The number of nitrogens with one attached hydrogen (secondary N) is 1. The highest BCUT2D eigenvalue weighted by Crippen LogP contribution is 2.30. The maximum atomic E-state index is 11.9. The van der Waals surface area contributed by atoms with E-state index in [0.717, 1.165) is 25.7 Å². The van der Waals surface area contributed by atoms with Gasteiger partial charge in [0, 0.05) is 12.0 Å². The predicted molar refractivity (Wildman–Crippen MR) is 69.0 cm³/mol. The van der Waals surface area contributed by atoms with Crippen molar-refractivity contribution in [3.8, 4) is 0 Å². The van der Waals surface area contributed by atoms with E-state index in [2.05, 4.69) is 5.32 Å². The van der Waals surface area contributed by atoms with Crippen molar-refractivity contribution in [3.63, 3.8) is 0 Å². The van der Waals surface area contributed by atoms with E-state index in [1.807, 2.05) is 0 Å². The van der Waals surface area contributed by atoms with Gasteiger partial charge >= 0.3 is 5.97 Å². The van der Waals surface area contributed by atoms with Crippen molar-refractivity contribution in [2.45, 2.75) is 64.5 Å². The zero-order valence-electron chi connectivity index (χ0n) is 11.5. The van der Waals surface area contributed by atoms with Crippen molar-refractivity contribution in [3.05, 3.63) is 0 Å². The van der Waals surface area contributed by atoms with Crippen LogP contribution in [0.5, 0.6) is 0 Å². The van der Waals surface area contributed by atoms with E-state index >= 15 is 0 Å². The topological polar surface area (TPSA) is 92.4 Å². The summed E-state index contributed by atoms with van der Waals surface area (Å²) in [5.41, 5.74) is 5.16. The van der Waals surface area contributed by atoms with E-state index in [0.29, 0.717) is 0 Å². The molecule has 0 aromatic carbocycles. The van der Waals surface area contributed by atoms with Gasteiger partial charge < -0.3 is 16.2 Å². The molecule has 1 fully saturated rings. The molecule has 0 heterocycles. The van der Waals surface area contributed by atoms with Gasteiger partial charge in [-0.15, -0.1) is 0 Å². The molecule has 104 valence electrons. The summed E-state index contributed by atoms with van der Waals surface area (Å²) >= 11 is 0. The van der Waals surface area contributed by atoms with Crippen LogP contribution in [0.2, 0.25) is 0 Å². The van der Waals surface area contributed by atoms with Gasteiger partial charge in [-0.2, -0.15) is 0 Å². The quantitative estimate of drug-likeness (QED) is 0.706. The molecule has 1 amide bonds. The van der Waals surface area contributed by atoms with Gasteiger partial charge in [0.25, 0.3) is 0 Å². The van der Waals surface area contributed by atoms with Gasteiger partial charge in [-0.05, 0) is 18.3 Å². The van der Waals surface area contributed by atoms with Gasteiger partial charge in [0.1, 0.15) is 6.04 Å². The third kappa shape index (κ3) is 3.98. The molecule has 1 rings (SSSR count). The number of carbonyl (C=O) groups excluding carboxylic acids is 1. The molecule has 5 nitrogen and oxygen atoms in total. The first kappa shape index (κ1) is 15.0. The van der Waals surface area contributed by atoms with Crippen LogP contribution in [-0.4, -0.2) is 28.6 Å². The second-order valence-electron chi connectivity index (χ2n) is 6.45. The fourth-order valence-corrected chi connectivity index (χ4v) is 2.44. The number of hydrogen-bond donors (Lipinski definition) is 3. The Labute approximate surface area is 108 Å². The fourth-order valence-electron chi connectivity index (χ4n) is 2.44. The van der Waals surface area contributed by atoms with E-state index < -0.39 is 23.0 Å². The molecule has 0 aromatic rings. The summed E-state index contributed by atoms with van der Waals surface area (Å²) < 4.78 is 0. The Bertz CT molecular complexity index is 328. The maximum absolute atomic E-state index is 11.9. The second kappa shape index (κ2) is 5.26. The van der Waals surface area contributed by atoms with Crippen LogP contribution in [0.15, 0.2) is 0 Å². The standard InChI is InChI=1S/C13H24N2O3/c1-12(2,3)10(11(17)18)15-9(16)8-13(14)6-4-5-7-13/h10H,4-8,14H2,1-3H3,(H,15,16)(H,17,18)/t10-/m1/s1. The minimum Gasteiger partial charge on any atom is -0.480 e. The van der Waals surface area contributed by atoms with Crippen LogP contribution in [0.25, 0.3) is 0 Å². The summed E-state index contributed by atoms with van der Waals surface area (Å²) in [4.78, 5) is 23.1. The van der Waals surface area contributed by atoms with E-state index in [4.69, 9.17) is 10.8 Å². The van der Waals surface area contributed by atoms with Gasteiger partial charge in [-0.25, -0.2) is 4.79 Å². The highest BCUT2D eigenvalue weighted by atomic mass is 16.4. The molecule has 4 N–H and O–H groups in total. The van der Waals surface area contributed by atoms with Crippen molar-refractivity contribution < 1.29 is 14.7 Å². The molecule has 0 unspecified atom stereocenters. The number of carboxylic acids is 1. The molecule has 1 saturated carbocycles. The zero-order valence-corrected chi connectivity index (χ0v) is 11.5. The van der Waals surface area contributed by atoms with E-state index in [1.54, 1.807) is 20.8 Å². The van der Waals surface area contributed by atoms with E-state index in [1.165, 1.54) is 0 Å². The molecule has 0 bridgehead atoms. The van der Waals surface area contributed by atoms with Gasteiger partial charge in [0.2, 0.25) is 5.91 Å². The van der Waals surface area contributed by atoms with Gasteiger partial charge in [-0.3, -0.25) is 4.79 Å². The summed E-state index contributed by atoms with van der Waals surface area (Å²) in [7, 11) is 0. The van der Waals surface area contributed by atoms with Gasteiger partial charge in [0.05, 0.1) is 0 Å². The minimum atomic E-state index is -1.01. The van der Waals surface area contributed by atoms with Crippen molar-refractivity contribution in [1.82, 2.24) is 5.32 Å². The summed E-state index contributed by atoms with van der Waals surface area (Å²) in [6.45, 7) is 5.37. The largest absolute Gasteiger partial charge is 0.480 e. The zero-order chi connectivity index (χ0) is 14.0. The minimum absolute atomic E-state index is 0.215. The van der Waals surface area contributed by atoms with Gasteiger partial charge in [-0.1, -0.05) is 33.6 Å². The number of aliphatic carboxylic acids is 1. The van der Waals surface area contributed by atoms with Crippen molar-refractivity contribution in [2.75, 3.05) is 0 Å². The number of nitrogens with two attached hydrogens (primary N) is 1. The summed E-state index contributed by atoms with van der Waals surface area (Å²) in [5.74, 6) is -1.27. The molecule has 1 atom stereocenters. The molecular formula is C13H24N2O3. The smallest absolute Gasteiger partial charge is 0.326 e. The van der Waals surface area contributed by atoms with E-state index in [-0.39, 0.29) is 12.3 Å². The normalized spacial score (nSPS) is 20.4. The first-order chi connectivity index (χ1) is 8.14. The van der Waals surface area contributed by atoms with Crippen molar-refractivity contribution in [2.24, 2.45) is 11.1 Å². The predicted octanol–water partition coefficient (Wildman–Crippen LogP) is 1.26. The Kier molecular flexibility index (Phi) is 4.37. The van der Waals surface area contributed by atoms with Crippen LogP contribution in [0.3, 0.4) is 0 Å². The Morgan fingerprint density at radius 2 is 1.83 bits per heavy atom. The summed E-state index contributed by atoms with van der Waals surface area (Å²) in [5, 5.41) is 11.7. The Morgan fingerprint density at radius 3 is 2.22 bits per heavy atom. The lowest BCUT2D eigenvalue weighted by atomic mass is 9.86. The number of carbonyl (C=O) groups is 2. The van der Waals surface area contributed by atoms with Crippen LogP contribution < -0.4 is 11.1 Å². The molecule has 0 saturated heterocycles. The third-order valence-corrected chi connectivity index (χ3v) is 3.53. The van der Waals surface area contributed by atoms with Crippen molar-refractivity contribution in [1.29, 1.82) is 0 Å². The van der Waals surface area contributed by atoms with Crippen molar-refractivity contribution >= 4 is 11.9 Å². The molecule has 5 heteroatoms. The van der Waals surface area contributed by atoms with Crippen LogP contribution in [0.4, 0.5) is 0 Å². The first-order valence-electron chi connectivity index (χ1n) is 6.45. The molecule has 0 spiro atoms. The third-order valence-electron chi connectivity index (χ3n) is 3.53. The fraction of sp³-hybridized carbons (Fsp3) is 0.846. The summed E-state index contributed by atoms with van der Waals surface area (Å²) in [6.07, 6.45) is 3.99. The average Bonchev–Trinajstić information content (AvgIpc) is 2.59. The number of hydrogen-bond acceptors (Lipinski definition) is 3. The molecular weight excluding hydrogens is 232 g/mol. The summed E-state index contributed by atoms with van der Waals surface area (Å²) in [6, 6.07) is -0.880. The Balaban J connectivity index is 2.60. The second-order valence-corrected chi connectivity index (χ2v) is 6.45. The van der Waals surface area contributed by atoms with Crippen LogP contribution in [0, 0.1) is 5.41 Å². The Morgan fingerprint density at radius 1 is 1.33 bits per heavy atom. The highest BCUT2D eigenvalue weighted by Gasteiger charge is 2.36. The molecule has 18 heavy (non-hydrogen) atoms. The monoisotopic (exact) mass is 256 g/mol. The molecule has 1 aliphatic rings. The number of rotatable bonds is 4. The average molecular weight is 256 g/mol. The lowest BCUT2D eigenvalue weighted by molar-refractivity contribution is -0.145. The SMILES string of the molecule is CC(C)(C)[C@H](NC(=O)CC1(N)CCCC1)C(=O)O. The Hall–Kier alpha value is -1.10. The van der Waals surface area contributed by atoms with Crippen LogP contribution in [-0.2, 0) is 9.59 Å². The van der Waals surface area contributed by atoms with Crippen LogP contribution >= 0.6 is 0 Å². The first-order valence-corrected chi connectivity index (χ1v) is 6.45. The molecule has 0 radical (unpaired) electrons. The van der Waals surface area contributed by atoms with Gasteiger partial charge in [0.15, 0.2) is 0 Å². The lowest BCUT2D eigenvalue weighted by Crippen LogP contribution is -2.51. The molecule has 1 aliphatic carbocycles. The van der Waals surface area contributed by atoms with Crippen LogP contribution in [0.1, 0.15) is 52.9 Å². The maximum Gasteiger partial charge on any atom is 0.326 e. The lowest BCUT2D eigenvalue weighted by Gasteiger charge is -2.30. The molecule has 0 aromatic heterocycles. The van der Waals surface area contributed by atoms with E-state index in [9.17, 15) is 9.59 Å². The number of carboxylic acid groups (broad SMARTS) is 1. The molecule has 0 aliphatic heterocycles.